The molecule has 0 aliphatic carbocycles. The molecule has 0 aliphatic rings. The number of para-hydroxylation sites is 2. The van der Waals surface area contributed by atoms with Gasteiger partial charge in [0.2, 0.25) is 21.8 Å². The molecule has 10 heteroatoms. The molecule has 1 atom stereocenters. The van der Waals surface area contributed by atoms with Crippen LogP contribution in [-0.2, 0) is 32.6 Å². The third-order valence-electron chi connectivity index (χ3n) is 6.06. The van der Waals surface area contributed by atoms with E-state index in [1.165, 1.54) is 4.90 Å². The fraction of sp³-hybridized carbons (Fsp3) is 0.333. The second-order valence-electron chi connectivity index (χ2n) is 9.69. The first-order chi connectivity index (χ1) is 19.0. The number of nitrogens with one attached hydrogen (secondary N) is 1. The van der Waals surface area contributed by atoms with E-state index in [-0.39, 0.29) is 30.6 Å². The smallest absolute Gasteiger partial charge is 0.244 e. The number of carbonyl (C=O) groups is 2. The molecule has 2 amide bonds. The van der Waals surface area contributed by atoms with Gasteiger partial charge in [-0.2, -0.15) is 0 Å². The zero-order valence-corrected chi connectivity index (χ0v) is 24.8. The molecule has 3 aromatic carbocycles. The topological polar surface area (TPSA) is 96.0 Å². The maximum absolute atomic E-state index is 14.1. The fourth-order valence-electron chi connectivity index (χ4n) is 4.30. The van der Waals surface area contributed by atoms with Gasteiger partial charge in [-0.25, -0.2) is 8.42 Å². The van der Waals surface area contributed by atoms with Gasteiger partial charge < -0.3 is 15.0 Å². The van der Waals surface area contributed by atoms with Gasteiger partial charge >= 0.3 is 0 Å². The first kappa shape index (κ1) is 31.0. The van der Waals surface area contributed by atoms with Crippen LogP contribution in [0.3, 0.4) is 0 Å². The van der Waals surface area contributed by atoms with Gasteiger partial charge in [0.15, 0.2) is 0 Å². The first-order valence-electron chi connectivity index (χ1n) is 13.1. The summed E-state index contributed by atoms with van der Waals surface area (Å²) in [6, 6.07) is 22.0. The summed E-state index contributed by atoms with van der Waals surface area (Å²) >= 11 is 6.24. The number of nitrogens with zero attached hydrogens (tertiary/aromatic N) is 2. The van der Waals surface area contributed by atoms with Crippen LogP contribution >= 0.6 is 11.6 Å². The number of halogens is 1. The SMILES string of the molecule is CCOc1ccccc1N(CC(=O)N(Cc1cccc(Cl)c1)C(Cc1ccccc1)C(=O)NC(C)C)S(C)(=O)=O. The van der Waals surface area contributed by atoms with Gasteiger partial charge in [-0.15, -0.1) is 0 Å². The second kappa shape index (κ2) is 14.2. The van der Waals surface area contributed by atoms with E-state index in [9.17, 15) is 18.0 Å². The molecular weight excluding hydrogens is 550 g/mol. The first-order valence-corrected chi connectivity index (χ1v) is 15.3. The lowest BCUT2D eigenvalue weighted by Gasteiger charge is -2.34. The third kappa shape index (κ3) is 8.72. The summed E-state index contributed by atoms with van der Waals surface area (Å²) in [6.07, 6.45) is 1.28. The number of sulfonamides is 1. The molecule has 0 radical (unpaired) electrons. The van der Waals surface area contributed by atoms with Crippen LogP contribution < -0.4 is 14.4 Å². The zero-order chi connectivity index (χ0) is 29.3. The number of rotatable bonds is 13. The average Bonchev–Trinajstić information content (AvgIpc) is 2.89. The summed E-state index contributed by atoms with van der Waals surface area (Å²) in [5.74, 6) is -0.547. The highest BCUT2D eigenvalue weighted by Gasteiger charge is 2.34. The molecule has 3 aromatic rings. The molecule has 3 rings (SSSR count). The van der Waals surface area contributed by atoms with E-state index in [1.807, 2.05) is 50.2 Å². The highest BCUT2D eigenvalue weighted by molar-refractivity contribution is 7.92. The molecule has 8 nitrogen and oxygen atoms in total. The number of hydrogen-bond acceptors (Lipinski definition) is 5. The van der Waals surface area contributed by atoms with Crippen LogP contribution in [0.1, 0.15) is 31.9 Å². The highest BCUT2D eigenvalue weighted by Crippen LogP contribution is 2.30. The van der Waals surface area contributed by atoms with Crippen molar-refractivity contribution in [2.24, 2.45) is 0 Å². The lowest BCUT2D eigenvalue weighted by atomic mass is 10.0. The Balaban J connectivity index is 2.08. The van der Waals surface area contributed by atoms with E-state index in [0.717, 1.165) is 16.1 Å². The summed E-state index contributed by atoms with van der Waals surface area (Å²) < 4.78 is 32.7. The predicted molar refractivity (Wildman–Crippen MR) is 159 cm³/mol. The van der Waals surface area contributed by atoms with Gasteiger partial charge in [0.25, 0.3) is 0 Å². The monoisotopic (exact) mass is 585 g/mol. The molecule has 214 valence electrons. The molecule has 0 heterocycles. The number of benzene rings is 3. The lowest BCUT2D eigenvalue weighted by Crippen LogP contribution is -2.54. The highest BCUT2D eigenvalue weighted by atomic mass is 35.5. The van der Waals surface area contributed by atoms with Crippen molar-refractivity contribution in [1.82, 2.24) is 10.2 Å². The van der Waals surface area contributed by atoms with E-state index in [4.69, 9.17) is 16.3 Å². The van der Waals surface area contributed by atoms with Crippen LogP contribution in [0, 0.1) is 0 Å². The van der Waals surface area contributed by atoms with Crippen LogP contribution in [0.2, 0.25) is 5.02 Å². The Morgan fingerprint density at radius 2 is 1.60 bits per heavy atom. The van der Waals surface area contributed by atoms with E-state index in [1.54, 1.807) is 49.4 Å². The van der Waals surface area contributed by atoms with Crippen molar-refractivity contribution in [3.8, 4) is 5.75 Å². The van der Waals surface area contributed by atoms with Gasteiger partial charge in [0, 0.05) is 24.0 Å². The van der Waals surface area contributed by atoms with Crippen molar-refractivity contribution in [1.29, 1.82) is 0 Å². The predicted octanol–water partition coefficient (Wildman–Crippen LogP) is 4.67. The molecule has 40 heavy (non-hydrogen) atoms. The van der Waals surface area contributed by atoms with Crippen LogP contribution in [0.15, 0.2) is 78.9 Å². The molecule has 0 bridgehead atoms. The Hall–Kier alpha value is -3.56. The number of carbonyl (C=O) groups excluding carboxylic acids is 2. The minimum atomic E-state index is -3.91. The zero-order valence-electron chi connectivity index (χ0n) is 23.2. The van der Waals surface area contributed by atoms with E-state index in [2.05, 4.69) is 5.32 Å². The average molecular weight is 586 g/mol. The number of amides is 2. The minimum Gasteiger partial charge on any atom is -0.492 e. The summed E-state index contributed by atoms with van der Waals surface area (Å²) in [5, 5.41) is 3.41. The number of ether oxygens (including phenoxy) is 1. The maximum atomic E-state index is 14.1. The Labute approximate surface area is 241 Å². The van der Waals surface area contributed by atoms with Gasteiger partial charge in [0.05, 0.1) is 18.6 Å². The van der Waals surface area contributed by atoms with Crippen molar-refractivity contribution in [2.75, 3.05) is 23.7 Å². The van der Waals surface area contributed by atoms with Crippen molar-refractivity contribution in [3.63, 3.8) is 0 Å². The molecule has 1 unspecified atom stereocenters. The second-order valence-corrected chi connectivity index (χ2v) is 12.0. The number of hydrogen-bond donors (Lipinski definition) is 1. The van der Waals surface area contributed by atoms with Crippen molar-refractivity contribution in [2.45, 2.75) is 45.8 Å². The maximum Gasteiger partial charge on any atom is 0.244 e. The summed E-state index contributed by atoms with van der Waals surface area (Å²) in [7, 11) is -3.91. The van der Waals surface area contributed by atoms with Crippen LogP contribution in [0.4, 0.5) is 5.69 Å². The largest absolute Gasteiger partial charge is 0.492 e. The molecule has 0 saturated carbocycles. The fourth-order valence-corrected chi connectivity index (χ4v) is 5.37. The minimum absolute atomic E-state index is 0.0487. The van der Waals surface area contributed by atoms with Crippen molar-refractivity contribution in [3.05, 3.63) is 95.0 Å². The molecule has 1 N–H and O–H groups in total. The van der Waals surface area contributed by atoms with Gasteiger partial charge in [-0.3, -0.25) is 13.9 Å². The Morgan fingerprint density at radius 3 is 2.23 bits per heavy atom. The van der Waals surface area contributed by atoms with Crippen molar-refractivity contribution >= 4 is 39.1 Å². The van der Waals surface area contributed by atoms with Crippen molar-refractivity contribution < 1.29 is 22.7 Å². The molecular formula is C30H36ClN3O5S. The van der Waals surface area contributed by atoms with Crippen LogP contribution in [-0.4, -0.2) is 56.6 Å². The Kier molecular flexibility index (Phi) is 11.0. The normalized spacial score (nSPS) is 12.1. The molecule has 0 saturated heterocycles. The Bertz CT molecular complexity index is 1400. The van der Waals surface area contributed by atoms with E-state index < -0.39 is 28.5 Å². The quantitative estimate of drug-likeness (QED) is 0.314. The summed E-state index contributed by atoms with van der Waals surface area (Å²) in [6.45, 7) is 5.32. The van der Waals surface area contributed by atoms with Gasteiger partial charge in [-0.1, -0.05) is 66.2 Å². The van der Waals surface area contributed by atoms with Gasteiger partial charge in [-0.05, 0) is 56.2 Å². The van der Waals surface area contributed by atoms with E-state index >= 15 is 0 Å². The molecule has 0 spiro atoms. The summed E-state index contributed by atoms with van der Waals surface area (Å²) in [4.78, 5) is 29.1. The van der Waals surface area contributed by atoms with Crippen LogP contribution in [0.5, 0.6) is 5.75 Å². The third-order valence-corrected chi connectivity index (χ3v) is 7.42. The number of anilines is 1. The molecule has 0 fully saturated rings. The lowest BCUT2D eigenvalue weighted by molar-refractivity contribution is -0.140. The van der Waals surface area contributed by atoms with Gasteiger partial charge in [0.1, 0.15) is 18.3 Å². The molecule has 0 aliphatic heterocycles. The molecule has 0 aromatic heterocycles. The van der Waals surface area contributed by atoms with E-state index in [0.29, 0.717) is 22.9 Å². The Morgan fingerprint density at radius 1 is 0.950 bits per heavy atom. The van der Waals surface area contributed by atoms with Crippen LogP contribution in [0.25, 0.3) is 0 Å². The standard InChI is InChI=1S/C30H36ClN3O5S/c1-5-39-28-17-10-9-16-26(28)34(40(4,37)38)21-29(35)33(20-24-14-11-15-25(31)18-24)27(30(36)32-22(2)3)19-23-12-7-6-8-13-23/h6-18,22,27H,5,19-21H2,1-4H3,(H,32,36). The summed E-state index contributed by atoms with van der Waals surface area (Å²) in [5.41, 5.74) is 1.81.